The summed E-state index contributed by atoms with van der Waals surface area (Å²) in [5.41, 5.74) is 0.827. The minimum absolute atomic E-state index is 0.312. The molecular formula is C11H7BrN6O. The molecule has 7 nitrogen and oxygen atoms in total. The number of nitrogens with zero attached hydrogens (tertiary/aromatic N) is 6. The Labute approximate surface area is 116 Å². The quantitative estimate of drug-likeness (QED) is 0.683. The molecule has 0 saturated carbocycles. The molecule has 0 bridgehead atoms. The van der Waals surface area contributed by atoms with Crippen molar-refractivity contribution in [1.29, 1.82) is 0 Å². The smallest absolute Gasteiger partial charge is 0.243 e. The molecule has 94 valence electrons. The SMILES string of the molecule is O=C(n1cncn1)n1nc(-c2ccccc2)nc1Br. The molecule has 0 N–H and O–H groups in total. The molecule has 0 aliphatic rings. The summed E-state index contributed by atoms with van der Waals surface area (Å²) >= 11 is 3.21. The first-order chi connectivity index (χ1) is 9.25. The van der Waals surface area contributed by atoms with Gasteiger partial charge < -0.3 is 0 Å². The van der Waals surface area contributed by atoms with E-state index in [-0.39, 0.29) is 0 Å². The molecule has 0 unspecified atom stereocenters. The van der Waals surface area contributed by atoms with E-state index < -0.39 is 6.03 Å². The second-order valence-electron chi connectivity index (χ2n) is 3.60. The molecule has 0 fully saturated rings. The van der Waals surface area contributed by atoms with Gasteiger partial charge in [0, 0.05) is 5.56 Å². The molecule has 19 heavy (non-hydrogen) atoms. The van der Waals surface area contributed by atoms with Crippen LogP contribution in [0.1, 0.15) is 0 Å². The summed E-state index contributed by atoms with van der Waals surface area (Å²) < 4.78 is 2.51. The molecule has 0 amide bonds. The summed E-state index contributed by atoms with van der Waals surface area (Å²) in [6.07, 6.45) is 2.58. The van der Waals surface area contributed by atoms with Gasteiger partial charge in [-0.1, -0.05) is 30.3 Å². The van der Waals surface area contributed by atoms with Crippen molar-refractivity contribution in [2.45, 2.75) is 0 Å². The van der Waals surface area contributed by atoms with Crippen LogP contribution in [0.25, 0.3) is 11.4 Å². The van der Waals surface area contributed by atoms with Gasteiger partial charge in [0.25, 0.3) is 0 Å². The van der Waals surface area contributed by atoms with Crippen molar-refractivity contribution >= 4 is 22.0 Å². The molecule has 8 heteroatoms. The Kier molecular flexibility index (Phi) is 2.92. The van der Waals surface area contributed by atoms with Gasteiger partial charge in [0.2, 0.25) is 4.73 Å². The average Bonchev–Trinajstić information content (AvgIpc) is 3.08. The largest absolute Gasteiger partial charge is 0.373 e. The van der Waals surface area contributed by atoms with Crippen molar-refractivity contribution in [2.24, 2.45) is 0 Å². The highest BCUT2D eigenvalue weighted by molar-refractivity contribution is 9.10. The third kappa shape index (κ3) is 2.17. The molecule has 1 aromatic carbocycles. The lowest BCUT2D eigenvalue weighted by atomic mass is 10.2. The Balaban J connectivity index is 2.01. The van der Waals surface area contributed by atoms with Crippen LogP contribution in [-0.4, -0.2) is 35.6 Å². The molecule has 0 aliphatic heterocycles. The topological polar surface area (TPSA) is 78.5 Å². The fourth-order valence-electron chi connectivity index (χ4n) is 1.53. The highest BCUT2D eigenvalue weighted by Crippen LogP contribution is 2.17. The lowest BCUT2D eigenvalue weighted by molar-refractivity contribution is 0.237. The second-order valence-corrected chi connectivity index (χ2v) is 4.31. The van der Waals surface area contributed by atoms with E-state index >= 15 is 0 Å². The van der Waals surface area contributed by atoms with Gasteiger partial charge in [-0.3, -0.25) is 0 Å². The van der Waals surface area contributed by atoms with Gasteiger partial charge in [-0.2, -0.15) is 19.4 Å². The fraction of sp³-hybridized carbons (Fsp3) is 0. The number of carbonyl (C=O) groups is 1. The van der Waals surface area contributed by atoms with Gasteiger partial charge in [-0.25, -0.2) is 9.78 Å². The van der Waals surface area contributed by atoms with Gasteiger partial charge in [0.05, 0.1) is 0 Å². The van der Waals surface area contributed by atoms with E-state index in [1.807, 2.05) is 30.3 Å². The van der Waals surface area contributed by atoms with Crippen LogP contribution in [0.5, 0.6) is 0 Å². The monoisotopic (exact) mass is 318 g/mol. The summed E-state index contributed by atoms with van der Waals surface area (Å²) in [5.74, 6) is 0.459. The number of aromatic nitrogens is 6. The summed E-state index contributed by atoms with van der Waals surface area (Å²) in [7, 11) is 0. The maximum Gasteiger partial charge on any atom is 0.373 e. The number of halogens is 1. The molecule has 0 radical (unpaired) electrons. The summed E-state index contributed by atoms with van der Waals surface area (Å²) in [6, 6.07) is 8.93. The molecule has 2 heterocycles. The minimum atomic E-state index is -0.459. The van der Waals surface area contributed by atoms with Crippen LogP contribution >= 0.6 is 15.9 Å². The average molecular weight is 319 g/mol. The molecule has 0 spiro atoms. The van der Waals surface area contributed by atoms with Crippen LogP contribution < -0.4 is 0 Å². The first-order valence-corrected chi connectivity index (χ1v) is 6.12. The van der Waals surface area contributed by atoms with Gasteiger partial charge in [-0.05, 0) is 15.9 Å². The summed E-state index contributed by atoms with van der Waals surface area (Å²) in [5, 5.41) is 7.92. The van der Waals surface area contributed by atoms with Gasteiger partial charge >= 0.3 is 6.03 Å². The zero-order chi connectivity index (χ0) is 13.2. The minimum Gasteiger partial charge on any atom is -0.243 e. The molecule has 2 aromatic heterocycles. The molecule has 3 aromatic rings. The first-order valence-electron chi connectivity index (χ1n) is 5.33. The van der Waals surface area contributed by atoms with E-state index in [0.29, 0.717) is 10.6 Å². The van der Waals surface area contributed by atoms with E-state index in [1.165, 1.54) is 12.7 Å². The maximum absolute atomic E-state index is 12.1. The number of carbonyl (C=O) groups excluding carboxylic acids is 1. The molecule has 0 saturated heterocycles. The van der Waals surface area contributed by atoms with Crippen molar-refractivity contribution in [3.8, 4) is 11.4 Å². The highest BCUT2D eigenvalue weighted by Gasteiger charge is 2.17. The van der Waals surface area contributed by atoms with Crippen molar-refractivity contribution < 1.29 is 4.79 Å². The molecular weight excluding hydrogens is 312 g/mol. The molecule has 0 atom stereocenters. The number of rotatable bonds is 1. The van der Waals surface area contributed by atoms with Crippen LogP contribution in [-0.2, 0) is 0 Å². The van der Waals surface area contributed by atoms with Crippen molar-refractivity contribution in [3.63, 3.8) is 0 Å². The maximum atomic E-state index is 12.1. The molecule has 3 rings (SSSR count). The normalized spacial score (nSPS) is 10.6. The van der Waals surface area contributed by atoms with Gasteiger partial charge in [0.1, 0.15) is 12.7 Å². The highest BCUT2D eigenvalue weighted by atomic mass is 79.9. The Hall–Kier alpha value is -2.35. The summed E-state index contributed by atoms with van der Waals surface area (Å²) in [4.78, 5) is 20.0. The zero-order valence-electron chi connectivity index (χ0n) is 9.51. The van der Waals surface area contributed by atoms with Crippen molar-refractivity contribution in [2.75, 3.05) is 0 Å². The van der Waals surface area contributed by atoms with E-state index in [1.54, 1.807) is 0 Å². The van der Waals surface area contributed by atoms with Crippen molar-refractivity contribution in [1.82, 2.24) is 29.5 Å². The fourth-order valence-corrected chi connectivity index (χ4v) is 1.93. The summed E-state index contributed by atoms with van der Waals surface area (Å²) in [6.45, 7) is 0. The number of benzene rings is 1. The van der Waals surface area contributed by atoms with Crippen molar-refractivity contribution in [3.05, 3.63) is 47.7 Å². The zero-order valence-corrected chi connectivity index (χ0v) is 11.1. The third-order valence-electron chi connectivity index (χ3n) is 2.40. The first kappa shape index (κ1) is 11.7. The Bertz CT molecular complexity index is 706. The van der Waals surface area contributed by atoms with Crippen LogP contribution in [0.3, 0.4) is 0 Å². The van der Waals surface area contributed by atoms with Crippen LogP contribution in [0.4, 0.5) is 4.79 Å². The van der Waals surface area contributed by atoms with Gasteiger partial charge in [-0.15, -0.1) is 5.10 Å². The van der Waals surface area contributed by atoms with E-state index in [0.717, 1.165) is 14.9 Å². The second kappa shape index (κ2) is 4.73. The number of hydrogen-bond acceptors (Lipinski definition) is 5. The third-order valence-corrected chi connectivity index (χ3v) is 2.91. The van der Waals surface area contributed by atoms with Crippen LogP contribution in [0.2, 0.25) is 0 Å². The Morgan fingerprint density at radius 2 is 2.00 bits per heavy atom. The van der Waals surface area contributed by atoms with E-state index in [4.69, 9.17) is 0 Å². The Morgan fingerprint density at radius 1 is 1.21 bits per heavy atom. The van der Waals surface area contributed by atoms with Gasteiger partial charge in [0.15, 0.2) is 5.82 Å². The van der Waals surface area contributed by atoms with Crippen LogP contribution in [0.15, 0.2) is 47.7 Å². The standard InChI is InChI=1S/C11H7BrN6O/c12-10-15-9(8-4-2-1-3-5-8)16-18(10)11(19)17-7-13-6-14-17/h1-7H. The number of hydrogen-bond donors (Lipinski definition) is 0. The lowest BCUT2D eigenvalue weighted by Crippen LogP contribution is -2.21. The predicted octanol–water partition coefficient (Wildman–Crippen LogP) is 1.82. The predicted molar refractivity (Wildman–Crippen MR) is 69.4 cm³/mol. The lowest BCUT2D eigenvalue weighted by Gasteiger charge is -1.98. The Morgan fingerprint density at radius 3 is 2.68 bits per heavy atom. The van der Waals surface area contributed by atoms with Crippen LogP contribution in [0, 0.1) is 0 Å². The molecule has 0 aliphatic carbocycles. The van der Waals surface area contributed by atoms with E-state index in [9.17, 15) is 4.79 Å². The van der Waals surface area contributed by atoms with E-state index in [2.05, 4.69) is 36.1 Å².